The molecule has 6 nitrogen and oxygen atoms in total. The van der Waals surface area contributed by atoms with Gasteiger partial charge in [-0.15, -0.1) is 5.10 Å². The smallest absolute Gasteiger partial charge is 0.198 e. The molecule has 1 fully saturated rings. The third-order valence-corrected chi connectivity index (χ3v) is 7.14. The number of methoxy groups -OCH3 is 1. The minimum Gasteiger partial charge on any atom is -0.496 e. The Labute approximate surface area is 215 Å². The van der Waals surface area contributed by atoms with Gasteiger partial charge in [0.25, 0.3) is 0 Å². The molecular weight excluding hydrogens is 483 g/mol. The summed E-state index contributed by atoms with van der Waals surface area (Å²) in [5.74, 6) is 0.887. The summed E-state index contributed by atoms with van der Waals surface area (Å²) in [5, 5.41) is 7.44. The maximum atomic E-state index is 12.8. The summed E-state index contributed by atoms with van der Waals surface area (Å²) < 4.78 is 5.71. The number of Topliss-reactive ketones (excluding diaryl/α,β-unsaturated/α-hetero) is 1. The molecule has 2 aliphatic rings. The van der Waals surface area contributed by atoms with Crippen LogP contribution in [0.15, 0.2) is 71.8 Å². The van der Waals surface area contributed by atoms with Crippen molar-refractivity contribution in [2.75, 3.05) is 35.0 Å². The molecule has 3 aromatic carbocycles. The predicted molar refractivity (Wildman–Crippen MR) is 143 cm³/mol. The SMILES string of the molecule is COc1ccccc1[C@H]1N(c2ccc(Cl)c(Cl)c2)N=C(C(C)=O)N1c1ccc(N2CCCC2)cc1. The third kappa shape index (κ3) is 4.44. The number of carbonyl (C=O) groups is 1. The van der Waals surface area contributed by atoms with Gasteiger partial charge in [-0.3, -0.25) is 9.69 Å². The molecule has 0 radical (unpaired) electrons. The third-order valence-electron chi connectivity index (χ3n) is 6.41. The van der Waals surface area contributed by atoms with Crippen LogP contribution in [0.4, 0.5) is 17.1 Å². The molecule has 0 bridgehead atoms. The average molecular weight is 509 g/mol. The number of amidine groups is 1. The average Bonchev–Trinajstić information content (AvgIpc) is 3.54. The number of ether oxygens (including phenoxy) is 1. The molecule has 2 aliphatic heterocycles. The van der Waals surface area contributed by atoms with Crippen molar-refractivity contribution in [2.45, 2.75) is 25.9 Å². The van der Waals surface area contributed by atoms with Gasteiger partial charge in [0.05, 0.1) is 22.8 Å². The summed E-state index contributed by atoms with van der Waals surface area (Å²) in [4.78, 5) is 17.2. The van der Waals surface area contributed by atoms with E-state index in [1.807, 2.05) is 47.4 Å². The summed E-state index contributed by atoms with van der Waals surface area (Å²) in [6, 6.07) is 21.4. The monoisotopic (exact) mass is 508 g/mol. The maximum Gasteiger partial charge on any atom is 0.198 e. The van der Waals surface area contributed by atoms with Crippen LogP contribution in [0.1, 0.15) is 31.5 Å². The normalized spacial score (nSPS) is 17.7. The van der Waals surface area contributed by atoms with Crippen molar-refractivity contribution in [3.63, 3.8) is 0 Å². The molecular formula is C27H26Cl2N4O2. The zero-order chi connectivity index (χ0) is 24.5. The number of hydrazone groups is 1. The molecule has 0 aromatic heterocycles. The molecule has 5 rings (SSSR count). The number of hydrogen-bond acceptors (Lipinski definition) is 6. The quantitative estimate of drug-likeness (QED) is 0.378. The number of para-hydroxylation sites is 1. The van der Waals surface area contributed by atoms with Crippen LogP contribution in [0, 0.1) is 0 Å². The highest BCUT2D eigenvalue weighted by atomic mass is 35.5. The van der Waals surface area contributed by atoms with Gasteiger partial charge < -0.3 is 9.64 Å². The molecule has 0 amide bonds. The first-order chi connectivity index (χ1) is 17.0. The van der Waals surface area contributed by atoms with Crippen LogP contribution >= 0.6 is 23.2 Å². The fourth-order valence-electron chi connectivity index (χ4n) is 4.71. The van der Waals surface area contributed by atoms with E-state index in [9.17, 15) is 4.79 Å². The minimum atomic E-state index is -0.472. The second kappa shape index (κ2) is 9.80. The predicted octanol–water partition coefficient (Wildman–Crippen LogP) is 6.53. The van der Waals surface area contributed by atoms with Crippen LogP contribution in [0.3, 0.4) is 0 Å². The number of nitrogens with zero attached hydrogens (tertiary/aromatic N) is 4. The lowest BCUT2D eigenvalue weighted by Gasteiger charge is -2.33. The molecule has 2 heterocycles. The van der Waals surface area contributed by atoms with E-state index in [-0.39, 0.29) is 5.78 Å². The van der Waals surface area contributed by atoms with Crippen LogP contribution in [0.5, 0.6) is 5.75 Å². The summed E-state index contributed by atoms with van der Waals surface area (Å²) in [6.45, 7) is 3.67. The Bertz CT molecular complexity index is 1270. The molecule has 180 valence electrons. The number of rotatable bonds is 6. The van der Waals surface area contributed by atoms with Crippen LogP contribution in [-0.2, 0) is 4.79 Å². The highest BCUT2D eigenvalue weighted by Gasteiger charge is 2.40. The minimum absolute atomic E-state index is 0.143. The number of ketones is 1. The molecule has 0 N–H and O–H groups in total. The van der Waals surface area contributed by atoms with Crippen LogP contribution in [-0.4, -0.2) is 31.8 Å². The van der Waals surface area contributed by atoms with E-state index < -0.39 is 6.17 Å². The molecule has 0 spiro atoms. The zero-order valence-corrected chi connectivity index (χ0v) is 21.1. The van der Waals surface area contributed by atoms with E-state index in [2.05, 4.69) is 17.0 Å². The van der Waals surface area contributed by atoms with Gasteiger partial charge in [-0.2, -0.15) is 0 Å². The van der Waals surface area contributed by atoms with Gasteiger partial charge in [-0.1, -0.05) is 41.4 Å². The Morgan fingerprint density at radius 2 is 1.57 bits per heavy atom. The van der Waals surface area contributed by atoms with Crippen molar-refractivity contribution in [1.29, 1.82) is 0 Å². The largest absolute Gasteiger partial charge is 0.496 e. The van der Waals surface area contributed by atoms with E-state index in [0.717, 1.165) is 24.3 Å². The fraction of sp³-hybridized carbons (Fsp3) is 0.259. The van der Waals surface area contributed by atoms with Gasteiger partial charge in [0.2, 0.25) is 0 Å². The molecule has 3 aromatic rings. The molecule has 1 saturated heterocycles. The molecule has 35 heavy (non-hydrogen) atoms. The van der Waals surface area contributed by atoms with Crippen LogP contribution in [0.2, 0.25) is 10.0 Å². The first kappa shape index (κ1) is 23.5. The van der Waals surface area contributed by atoms with Crippen LogP contribution in [0.25, 0.3) is 0 Å². The lowest BCUT2D eigenvalue weighted by atomic mass is 10.1. The molecule has 0 saturated carbocycles. The van der Waals surface area contributed by atoms with Gasteiger partial charge in [-0.05, 0) is 61.4 Å². The van der Waals surface area contributed by atoms with Gasteiger partial charge in [0.1, 0.15) is 5.75 Å². The van der Waals surface area contributed by atoms with Crippen LogP contribution < -0.4 is 19.5 Å². The molecule has 0 unspecified atom stereocenters. The topological polar surface area (TPSA) is 48.4 Å². The lowest BCUT2D eigenvalue weighted by molar-refractivity contribution is -0.111. The second-order valence-electron chi connectivity index (χ2n) is 8.62. The Kier molecular flexibility index (Phi) is 6.58. The van der Waals surface area contributed by atoms with E-state index in [0.29, 0.717) is 27.3 Å². The maximum absolute atomic E-state index is 12.8. The Morgan fingerprint density at radius 1 is 0.914 bits per heavy atom. The van der Waals surface area contributed by atoms with E-state index in [1.165, 1.54) is 25.5 Å². The van der Waals surface area contributed by atoms with E-state index in [4.69, 9.17) is 33.0 Å². The standard InChI is InChI=1S/C27H26Cl2N4O2/c1-18(34)26-30-33(21-13-14-23(28)24(29)17-21)27(22-7-3-4-8-25(22)35-2)32(26)20-11-9-19(10-12-20)31-15-5-6-16-31/h3-4,7-14,17,27H,5-6,15-16H2,1-2H3/t27-/m1/s1. The number of benzene rings is 3. The van der Waals surface area contributed by atoms with Crippen molar-refractivity contribution >= 4 is 51.9 Å². The van der Waals surface area contributed by atoms with E-state index in [1.54, 1.807) is 24.3 Å². The van der Waals surface area contributed by atoms with Gasteiger partial charge >= 0.3 is 0 Å². The van der Waals surface area contributed by atoms with Crippen molar-refractivity contribution in [3.8, 4) is 5.75 Å². The number of hydrogen-bond donors (Lipinski definition) is 0. The Morgan fingerprint density at radius 3 is 2.23 bits per heavy atom. The Hall–Kier alpha value is -3.22. The van der Waals surface area contributed by atoms with Crippen molar-refractivity contribution < 1.29 is 9.53 Å². The fourth-order valence-corrected chi connectivity index (χ4v) is 5.00. The van der Waals surface area contributed by atoms with Crippen molar-refractivity contribution in [2.24, 2.45) is 5.10 Å². The highest BCUT2D eigenvalue weighted by molar-refractivity contribution is 6.44. The summed E-state index contributed by atoms with van der Waals surface area (Å²) in [6.07, 6.45) is 1.95. The number of halogens is 2. The Balaban J connectivity index is 1.64. The molecule has 8 heteroatoms. The zero-order valence-electron chi connectivity index (χ0n) is 19.6. The van der Waals surface area contributed by atoms with Crippen molar-refractivity contribution in [3.05, 3.63) is 82.3 Å². The van der Waals surface area contributed by atoms with Gasteiger partial charge in [0.15, 0.2) is 17.8 Å². The van der Waals surface area contributed by atoms with Crippen molar-refractivity contribution in [1.82, 2.24) is 0 Å². The highest BCUT2D eigenvalue weighted by Crippen LogP contribution is 2.43. The summed E-state index contributed by atoms with van der Waals surface area (Å²) in [7, 11) is 1.64. The first-order valence-electron chi connectivity index (χ1n) is 11.6. The number of anilines is 3. The first-order valence-corrected chi connectivity index (χ1v) is 12.3. The molecule has 1 atom stereocenters. The number of carbonyl (C=O) groups excluding carboxylic acids is 1. The summed E-state index contributed by atoms with van der Waals surface area (Å²) in [5.41, 5.74) is 3.62. The van der Waals surface area contributed by atoms with Gasteiger partial charge in [0, 0.05) is 37.0 Å². The second-order valence-corrected chi connectivity index (χ2v) is 9.43. The van der Waals surface area contributed by atoms with Gasteiger partial charge in [-0.25, -0.2) is 5.01 Å². The summed E-state index contributed by atoms with van der Waals surface area (Å²) >= 11 is 12.5. The molecule has 0 aliphatic carbocycles. The van der Waals surface area contributed by atoms with E-state index >= 15 is 0 Å². The lowest BCUT2D eigenvalue weighted by Crippen LogP contribution is -2.38.